The minimum absolute atomic E-state index is 0.365. The molecular weight excluding hydrogens is 264 g/mol. The fourth-order valence-electron chi connectivity index (χ4n) is 2.36. The Morgan fingerprint density at radius 1 is 1.50 bits per heavy atom. The molecule has 0 bridgehead atoms. The van der Waals surface area contributed by atoms with Gasteiger partial charge in [-0.15, -0.1) is 5.10 Å². The lowest BCUT2D eigenvalue weighted by molar-refractivity contribution is 0.474. The van der Waals surface area contributed by atoms with Crippen LogP contribution in [0.4, 0.5) is 5.82 Å². The average Bonchev–Trinajstić information content (AvgIpc) is 2.40. The van der Waals surface area contributed by atoms with Gasteiger partial charge in [0.05, 0.1) is 11.8 Å². The summed E-state index contributed by atoms with van der Waals surface area (Å²) in [6.45, 7) is 0. The van der Waals surface area contributed by atoms with Crippen molar-refractivity contribution in [3.05, 3.63) is 17.8 Å². The molecule has 1 fully saturated rings. The van der Waals surface area contributed by atoms with Crippen molar-refractivity contribution in [3.8, 4) is 0 Å². The number of nitrogens with one attached hydrogen (secondary N) is 1. The molecule has 0 aromatic carbocycles. The molecule has 0 aliphatic heterocycles. The van der Waals surface area contributed by atoms with Gasteiger partial charge in [-0.25, -0.2) is 0 Å². The minimum Gasteiger partial charge on any atom is -0.389 e. The highest BCUT2D eigenvalue weighted by Crippen LogP contribution is 2.29. The molecule has 3 N–H and O–H groups in total. The van der Waals surface area contributed by atoms with Crippen LogP contribution in [0.3, 0.4) is 0 Å². The quantitative estimate of drug-likeness (QED) is 0.826. The molecule has 0 saturated heterocycles. The monoisotopic (exact) mass is 282 g/mol. The molecular formula is C12H18N4S2. The highest BCUT2D eigenvalue weighted by Gasteiger charge is 2.25. The molecule has 0 spiro atoms. The van der Waals surface area contributed by atoms with E-state index in [4.69, 9.17) is 18.0 Å². The summed E-state index contributed by atoms with van der Waals surface area (Å²) < 4.78 is 0. The lowest BCUT2D eigenvalue weighted by Crippen LogP contribution is -2.35. The number of hydrogen-bond acceptors (Lipinski definition) is 5. The Morgan fingerprint density at radius 2 is 2.28 bits per heavy atom. The Hall–Kier alpha value is -0.880. The Labute approximate surface area is 117 Å². The second-order valence-corrected chi connectivity index (χ2v) is 5.98. The number of thiocarbonyl (C=S) groups is 1. The van der Waals surface area contributed by atoms with Gasteiger partial charge in [-0.05, 0) is 25.2 Å². The fraction of sp³-hybridized carbons (Fsp3) is 0.583. The van der Waals surface area contributed by atoms with Gasteiger partial charge in [-0.2, -0.15) is 16.9 Å². The first-order valence-corrected chi connectivity index (χ1v) is 7.83. The molecule has 1 aliphatic rings. The van der Waals surface area contributed by atoms with Crippen molar-refractivity contribution in [2.24, 2.45) is 5.73 Å². The second kappa shape index (κ2) is 6.33. The largest absolute Gasteiger partial charge is 0.389 e. The molecule has 2 unspecified atom stereocenters. The zero-order valence-corrected chi connectivity index (χ0v) is 12.1. The maximum atomic E-state index is 5.71. The molecule has 0 amide bonds. The average molecular weight is 282 g/mol. The Balaban J connectivity index is 2.15. The summed E-state index contributed by atoms with van der Waals surface area (Å²) in [4.78, 5) is 0.365. The lowest BCUT2D eigenvalue weighted by Gasteiger charge is -2.31. The summed E-state index contributed by atoms with van der Waals surface area (Å²) >= 11 is 6.95. The number of nitrogens with zero attached hydrogens (tertiary/aromatic N) is 2. The van der Waals surface area contributed by atoms with Crippen molar-refractivity contribution in [2.45, 2.75) is 37.0 Å². The van der Waals surface area contributed by atoms with Crippen molar-refractivity contribution in [1.82, 2.24) is 10.2 Å². The number of hydrogen-bond donors (Lipinski definition) is 2. The normalized spacial score (nSPS) is 23.6. The highest BCUT2D eigenvalue weighted by molar-refractivity contribution is 7.99. The first-order chi connectivity index (χ1) is 8.72. The van der Waals surface area contributed by atoms with Gasteiger partial charge in [0.15, 0.2) is 5.82 Å². The Morgan fingerprint density at radius 3 is 3.00 bits per heavy atom. The predicted molar refractivity (Wildman–Crippen MR) is 81.1 cm³/mol. The summed E-state index contributed by atoms with van der Waals surface area (Å²) in [5.74, 6) is 0.718. The highest BCUT2D eigenvalue weighted by atomic mass is 32.2. The molecule has 18 heavy (non-hydrogen) atoms. The molecule has 2 rings (SSSR count). The number of anilines is 1. The SMILES string of the molecule is CSC1CCCCC1Nc1nnccc1C(N)=S. The predicted octanol–water partition coefficient (Wildman–Crippen LogP) is 2.20. The number of nitrogens with two attached hydrogens (primary N) is 1. The van der Waals surface area contributed by atoms with Crippen LogP contribution in [0.2, 0.25) is 0 Å². The number of rotatable bonds is 4. The maximum Gasteiger partial charge on any atom is 0.159 e. The summed E-state index contributed by atoms with van der Waals surface area (Å²) in [6, 6.07) is 2.24. The van der Waals surface area contributed by atoms with E-state index in [1.165, 1.54) is 25.7 Å². The number of thioether (sulfide) groups is 1. The van der Waals surface area contributed by atoms with Crippen molar-refractivity contribution in [1.29, 1.82) is 0 Å². The summed E-state index contributed by atoms with van der Waals surface area (Å²) in [5, 5.41) is 12.1. The van der Waals surface area contributed by atoms with Crippen LogP contribution in [0.25, 0.3) is 0 Å². The van der Waals surface area contributed by atoms with Crippen LogP contribution in [-0.2, 0) is 0 Å². The van der Waals surface area contributed by atoms with Crippen LogP contribution in [0, 0.1) is 0 Å². The van der Waals surface area contributed by atoms with Gasteiger partial charge in [-0.3, -0.25) is 0 Å². The van der Waals surface area contributed by atoms with Gasteiger partial charge in [0.2, 0.25) is 0 Å². The summed E-state index contributed by atoms with van der Waals surface area (Å²) in [5.41, 5.74) is 6.49. The summed E-state index contributed by atoms with van der Waals surface area (Å²) in [7, 11) is 0. The van der Waals surface area contributed by atoms with Gasteiger partial charge in [0.1, 0.15) is 4.99 Å². The van der Waals surface area contributed by atoms with Crippen LogP contribution >= 0.6 is 24.0 Å². The maximum absolute atomic E-state index is 5.71. The lowest BCUT2D eigenvalue weighted by atomic mass is 9.94. The van der Waals surface area contributed by atoms with Gasteiger partial charge in [-0.1, -0.05) is 25.1 Å². The Kier molecular flexibility index (Phi) is 4.77. The van der Waals surface area contributed by atoms with E-state index in [-0.39, 0.29) is 0 Å². The fourth-order valence-corrected chi connectivity index (χ4v) is 3.46. The molecule has 1 aliphatic carbocycles. The zero-order chi connectivity index (χ0) is 13.0. The van der Waals surface area contributed by atoms with E-state index in [1.54, 1.807) is 6.20 Å². The molecule has 1 heterocycles. The van der Waals surface area contributed by atoms with Gasteiger partial charge >= 0.3 is 0 Å². The first-order valence-electron chi connectivity index (χ1n) is 6.13. The third kappa shape index (κ3) is 3.11. The topological polar surface area (TPSA) is 63.8 Å². The molecule has 4 nitrogen and oxygen atoms in total. The first kappa shape index (κ1) is 13.5. The summed E-state index contributed by atoms with van der Waals surface area (Å²) in [6.07, 6.45) is 8.77. The van der Waals surface area contributed by atoms with E-state index in [9.17, 15) is 0 Å². The van der Waals surface area contributed by atoms with E-state index < -0.39 is 0 Å². The minimum atomic E-state index is 0.365. The Bertz CT molecular complexity index is 424. The molecule has 1 saturated carbocycles. The van der Waals surface area contributed by atoms with Crippen molar-refractivity contribution in [2.75, 3.05) is 11.6 Å². The van der Waals surface area contributed by atoms with Crippen LogP contribution in [0.1, 0.15) is 31.2 Å². The zero-order valence-electron chi connectivity index (χ0n) is 10.4. The third-order valence-corrected chi connectivity index (χ3v) is 4.70. The van der Waals surface area contributed by atoms with E-state index in [0.717, 1.165) is 11.4 Å². The van der Waals surface area contributed by atoms with Crippen molar-refractivity contribution in [3.63, 3.8) is 0 Å². The van der Waals surface area contributed by atoms with Gasteiger partial charge in [0, 0.05) is 11.3 Å². The smallest absolute Gasteiger partial charge is 0.159 e. The van der Waals surface area contributed by atoms with Gasteiger partial charge < -0.3 is 11.1 Å². The standard InChI is InChI=1S/C12H18N4S2/c1-18-10-5-3-2-4-9(10)15-12-8(11(13)17)6-7-14-16-12/h6-7,9-10H,2-5H2,1H3,(H2,13,17)(H,15,16). The molecule has 98 valence electrons. The van der Waals surface area contributed by atoms with Crippen molar-refractivity contribution >= 4 is 34.8 Å². The third-order valence-electron chi connectivity index (χ3n) is 3.31. The van der Waals surface area contributed by atoms with Crippen LogP contribution in [-0.4, -0.2) is 32.7 Å². The van der Waals surface area contributed by atoms with Crippen LogP contribution < -0.4 is 11.1 Å². The van der Waals surface area contributed by atoms with E-state index in [0.29, 0.717) is 16.3 Å². The van der Waals surface area contributed by atoms with E-state index >= 15 is 0 Å². The molecule has 0 radical (unpaired) electrons. The number of aromatic nitrogens is 2. The van der Waals surface area contributed by atoms with Crippen molar-refractivity contribution < 1.29 is 0 Å². The van der Waals surface area contributed by atoms with Gasteiger partial charge in [0.25, 0.3) is 0 Å². The van der Waals surface area contributed by atoms with E-state index in [2.05, 4.69) is 21.8 Å². The molecule has 6 heteroatoms. The van der Waals surface area contributed by atoms with E-state index in [1.807, 2.05) is 17.8 Å². The molecule has 1 aromatic heterocycles. The molecule has 1 aromatic rings. The van der Waals surface area contributed by atoms with Crippen LogP contribution in [0.15, 0.2) is 12.3 Å². The van der Waals surface area contributed by atoms with Crippen LogP contribution in [0.5, 0.6) is 0 Å². The second-order valence-electron chi connectivity index (χ2n) is 4.47. The molecule has 2 atom stereocenters.